The Morgan fingerprint density at radius 1 is 0.660 bits per heavy atom. The second kappa shape index (κ2) is 15.6. The van der Waals surface area contributed by atoms with E-state index in [9.17, 15) is 66.1 Å². The van der Waals surface area contributed by atoms with Crippen LogP contribution in [-0.4, -0.2) is 167 Å². The van der Waals surface area contributed by atoms with E-state index in [1.807, 2.05) is 0 Å². The maximum Gasteiger partial charge on any atom is 0.239 e. The van der Waals surface area contributed by atoms with Crippen molar-refractivity contribution >= 4 is 11.0 Å². The normalized spacial score (nSPS) is 37.8. The van der Waals surface area contributed by atoms with Gasteiger partial charge in [-0.2, -0.15) is 0 Å². The average Bonchev–Trinajstić information content (AvgIpc) is 3.13. The van der Waals surface area contributed by atoms with Gasteiger partial charge in [-0.25, -0.2) is 0 Å². The van der Waals surface area contributed by atoms with Gasteiger partial charge >= 0.3 is 0 Å². The molecule has 4 heterocycles. The summed E-state index contributed by atoms with van der Waals surface area (Å²) in [5, 5.41) is 123. The summed E-state index contributed by atoms with van der Waals surface area (Å²) in [7, 11) is 0. The Morgan fingerprint density at radius 3 is 1.87 bits per heavy atom. The maximum absolute atomic E-state index is 14.0. The molecule has 0 aliphatic carbocycles. The number of ether oxygens (including phenoxy) is 6. The van der Waals surface area contributed by atoms with E-state index in [2.05, 4.69) is 0 Å². The van der Waals surface area contributed by atoms with Crippen LogP contribution in [-0.2, 0) is 18.9 Å². The van der Waals surface area contributed by atoms with Gasteiger partial charge in [0, 0.05) is 17.7 Å². The number of phenolic OH excluding ortho intramolecular Hbond substituents is 2. The van der Waals surface area contributed by atoms with E-state index in [4.69, 9.17) is 32.8 Å². The van der Waals surface area contributed by atoms with E-state index < -0.39 is 128 Å². The Morgan fingerprint density at radius 2 is 1.23 bits per heavy atom. The van der Waals surface area contributed by atoms with Crippen LogP contribution in [0.15, 0.2) is 45.6 Å². The highest BCUT2D eigenvalue weighted by Crippen LogP contribution is 2.39. The van der Waals surface area contributed by atoms with Crippen LogP contribution in [0.25, 0.3) is 22.3 Å². The van der Waals surface area contributed by atoms with Crippen molar-refractivity contribution in [2.45, 2.75) is 99.0 Å². The standard InChI is InChI=1S/C33H40O20/c1-10-19(37)23(41)26(44)31(48-10)47-9-17-21(39)25(43)28(46)33(52-17)53-30-22(40)18-14(36)6-13(49-32-27(45)24(42)20(38)16(8-34)51-32)7-15(18)50-29(30)11-2-4-12(35)5-3-11/h2-7,10,16-17,19-21,23-28,31-39,41-46H,8-9H2,1H3/t10-,16-,17+,19-,20-,21-,23+,24+,25-,26+,27-,28+,31+,32-,33-/m1/s1. The van der Waals surface area contributed by atoms with Crippen LogP contribution < -0.4 is 14.9 Å². The number of aliphatic hydroxyl groups is 10. The molecule has 1 aromatic heterocycles. The summed E-state index contributed by atoms with van der Waals surface area (Å²) < 4.78 is 39.3. The molecule has 292 valence electrons. The lowest BCUT2D eigenvalue weighted by Gasteiger charge is -2.42. The monoisotopic (exact) mass is 756 g/mol. The highest BCUT2D eigenvalue weighted by molar-refractivity contribution is 5.88. The predicted octanol–water partition coefficient (Wildman–Crippen LogP) is -3.92. The Balaban J connectivity index is 1.32. The lowest BCUT2D eigenvalue weighted by atomic mass is 9.98. The number of phenols is 2. The van der Waals surface area contributed by atoms with E-state index in [0.29, 0.717) is 0 Å². The molecule has 0 spiro atoms. The third kappa shape index (κ3) is 7.52. The third-order valence-corrected chi connectivity index (χ3v) is 9.27. The Bertz CT molecular complexity index is 1780. The third-order valence-electron chi connectivity index (χ3n) is 9.27. The molecule has 12 N–H and O–H groups in total. The SMILES string of the molecule is C[C@H]1O[C@H](OC[C@@H]2O[C@H](Oc3c(-c4ccc(O)cc4)oc4cc(O[C@@H]5O[C@H](CO)[C@@H](O)[C@H](O)[C@H]5O)cc(O)c4c3=O)[C@@H](O)[C@H](O)[C@@H]2O)[C@@H](O)[C@@H](O)[C@@H]1O. The van der Waals surface area contributed by atoms with Crippen molar-refractivity contribution < 1.29 is 94.1 Å². The fourth-order valence-corrected chi connectivity index (χ4v) is 6.14. The summed E-state index contributed by atoms with van der Waals surface area (Å²) in [5.74, 6) is -2.21. The summed E-state index contributed by atoms with van der Waals surface area (Å²) in [5.41, 5.74) is -1.26. The van der Waals surface area contributed by atoms with Gasteiger partial charge in [0.05, 0.1) is 19.3 Å². The summed E-state index contributed by atoms with van der Waals surface area (Å²) in [6, 6.07) is 7.20. The van der Waals surface area contributed by atoms with Crippen molar-refractivity contribution in [1.29, 1.82) is 0 Å². The van der Waals surface area contributed by atoms with Gasteiger partial charge in [0.1, 0.15) is 95.4 Å². The number of rotatable bonds is 9. The molecule has 0 bridgehead atoms. The molecule has 3 fully saturated rings. The highest BCUT2D eigenvalue weighted by atomic mass is 16.7. The van der Waals surface area contributed by atoms with Gasteiger partial charge in [0.15, 0.2) is 12.1 Å². The Labute approximate surface area is 298 Å². The summed E-state index contributed by atoms with van der Waals surface area (Å²) in [6.07, 6.45) is -24.7. The van der Waals surface area contributed by atoms with Crippen molar-refractivity contribution in [2.75, 3.05) is 13.2 Å². The van der Waals surface area contributed by atoms with Crippen molar-refractivity contribution in [3.8, 4) is 34.3 Å². The first-order valence-corrected chi connectivity index (χ1v) is 16.4. The molecule has 3 aliphatic rings. The molecule has 0 amide bonds. The number of benzene rings is 2. The Hall–Kier alpha value is -3.71. The van der Waals surface area contributed by atoms with Crippen molar-refractivity contribution in [3.63, 3.8) is 0 Å². The van der Waals surface area contributed by atoms with E-state index >= 15 is 0 Å². The number of aromatic hydroxyl groups is 2. The topological polar surface area (TPSA) is 328 Å². The number of aliphatic hydroxyl groups excluding tert-OH is 10. The molecular formula is C33H40O20. The van der Waals surface area contributed by atoms with E-state index in [0.717, 1.165) is 12.1 Å². The molecule has 3 aliphatic heterocycles. The van der Waals surface area contributed by atoms with Crippen LogP contribution in [0, 0.1) is 0 Å². The first-order chi connectivity index (χ1) is 25.1. The molecule has 15 atom stereocenters. The van der Waals surface area contributed by atoms with E-state index in [1.165, 1.54) is 31.2 Å². The van der Waals surface area contributed by atoms with Crippen LogP contribution in [0.1, 0.15) is 6.92 Å². The van der Waals surface area contributed by atoms with Gasteiger partial charge in [-0.3, -0.25) is 4.79 Å². The zero-order valence-corrected chi connectivity index (χ0v) is 27.7. The van der Waals surface area contributed by atoms with Crippen molar-refractivity contribution in [3.05, 3.63) is 46.6 Å². The smallest absolute Gasteiger partial charge is 0.239 e. The molecule has 0 saturated carbocycles. The Kier molecular flexibility index (Phi) is 11.5. The zero-order chi connectivity index (χ0) is 38.5. The van der Waals surface area contributed by atoms with Crippen molar-refractivity contribution in [1.82, 2.24) is 0 Å². The van der Waals surface area contributed by atoms with Crippen LogP contribution in [0.3, 0.4) is 0 Å². The van der Waals surface area contributed by atoms with Gasteiger partial charge in [-0.15, -0.1) is 0 Å². The predicted molar refractivity (Wildman–Crippen MR) is 171 cm³/mol. The van der Waals surface area contributed by atoms with E-state index in [-0.39, 0.29) is 28.4 Å². The van der Waals surface area contributed by atoms with Gasteiger partial charge in [-0.1, -0.05) is 0 Å². The maximum atomic E-state index is 14.0. The van der Waals surface area contributed by atoms with Gasteiger partial charge in [-0.05, 0) is 31.2 Å². The van der Waals surface area contributed by atoms with Gasteiger partial charge < -0.3 is 94.1 Å². The molecule has 0 radical (unpaired) electrons. The van der Waals surface area contributed by atoms with Crippen molar-refractivity contribution in [2.24, 2.45) is 0 Å². The largest absolute Gasteiger partial charge is 0.508 e. The molecule has 6 rings (SSSR count). The second-order valence-corrected chi connectivity index (χ2v) is 12.9. The number of hydrogen-bond acceptors (Lipinski definition) is 20. The molecule has 53 heavy (non-hydrogen) atoms. The minimum atomic E-state index is -2.00. The van der Waals surface area contributed by atoms with Gasteiger partial charge in [0.25, 0.3) is 0 Å². The van der Waals surface area contributed by atoms with Crippen LogP contribution >= 0.6 is 0 Å². The first kappa shape index (κ1) is 39.0. The van der Waals surface area contributed by atoms with Crippen LogP contribution in [0.4, 0.5) is 0 Å². The summed E-state index contributed by atoms with van der Waals surface area (Å²) in [4.78, 5) is 14.0. The van der Waals surface area contributed by atoms with Crippen LogP contribution in [0.5, 0.6) is 23.0 Å². The fraction of sp³-hybridized carbons (Fsp3) is 0.545. The minimum Gasteiger partial charge on any atom is -0.508 e. The molecule has 20 nitrogen and oxygen atoms in total. The number of fused-ring (bicyclic) bond motifs is 1. The molecule has 3 saturated heterocycles. The zero-order valence-electron chi connectivity index (χ0n) is 27.7. The summed E-state index contributed by atoms with van der Waals surface area (Å²) in [6.45, 7) is 0.0485. The quantitative estimate of drug-likeness (QED) is 0.0992. The molecule has 2 aromatic carbocycles. The molecular weight excluding hydrogens is 716 g/mol. The van der Waals surface area contributed by atoms with Crippen LogP contribution in [0.2, 0.25) is 0 Å². The molecule has 3 aromatic rings. The number of hydrogen-bond donors (Lipinski definition) is 12. The lowest BCUT2D eigenvalue weighted by Crippen LogP contribution is -2.61. The lowest BCUT2D eigenvalue weighted by molar-refractivity contribution is -0.318. The highest BCUT2D eigenvalue weighted by Gasteiger charge is 2.48. The minimum absolute atomic E-state index is 0.112. The molecule has 20 heteroatoms. The van der Waals surface area contributed by atoms with Gasteiger partial charge in [0.2, 0.25) is 23.8 Å². The average molecular weight is 757 g/mol. The first-order valence-electron chi connectivity index (χ1n) is 16.4. The fourth-order valence-electron chi connectivity index (χ4n) is 6.14. The summed E-state index contributed by atoms with van der Waals surface area (Å²) >= 11 is 0. The molecule has 0 unspecified atom stereocenters. The second-order valence-electron chi connectivity index (χ2n) is 12.9. The van der Waals surface area contributed by atoms with E-state index in [1.54, 1.807) is 0 Å².